The van der Waals surface area contributed by atoms with E-state index in [0.717, 1.165) is 18.5 Å². The zero-order valence-electron chi connectivity index (χ0n) is 14.5. The lowest BCUT2D eigenvalue weighted by molar-refractivity contribution is -0.126. The Hall–Kier alpha value is -3.62. The lowest BCUT2D eigenvalue weighted by Gasteiger charge is -2.24. The molecule has 2 N–H and O–H groups in total. The number of rotatable bonds is 5. The molecule has 136 valence electrons. The van der Waals surface area contributed by atoms with E-state index in [4.69, 9.17) is 0 Å². The van der Waals surface area contributed by atoms with E-state index in [1.54, 1.807) is 55.5 Å². The molecule has 9 heteroatoms. The fourth-order valence-electron chi connectivity index (χ4n) is 3.09. The molecule has 3 aromatic rings. The highest BCUT2D eigenvalue weighted by Crippen LogP contribution is 2.34. The summed E-state index contributed by atoms with van der Waals surface area (Å²) in [5.41, 5.74) is 1.49. The molecular formula is C18H18N8O. The summed E-state index contributed by atoms with van der Waals surface area (Å²) < 4.78 is 0. The second-order valence-electron chi connectivity index (χ2n) is 6.02. The van der Waals surface area contributed by atoms with Gasteiger partial charge in [0.05, 0.1) is 24.3 Å². The predicted molar refractivity (Wildman–Crippen MR) is 98.7 cm³/mol. The Balaban J connectivity index is 1.56. The van der Waals surface area contributed by atoms with Gasteiger partial charge in [-0.1, -0.05) is 0 Å². The number of likely N-dealkylation sites (tertiary alicyclic amines) is 1. The van der Waals surface area contributed by atoms with E-state index < -0.39 is 0 Å². The summed E-state index contributed by atoms with van der Waals surface area (Å²) in [7, 11) is 0. The van der Waals surface area contributed by atoms with E-state index in [2.05, 4.69) is 35.2 Å². The van der Waals surface area contributed by atoms with Crippen LogP contribution in [0.25, 0.3) is 6.08 Å². The summed E-state index contributed by atoms with van der Waals surface area (Å²) in [4.78, 5) is 38.6. The molecular weight excluding hydrogens is 344 g/mol. The number of nitrogens with one attached hydrogen (secondary N) is 2. The number of aromatic nitrogens is 6. The molecule has 27 heavy (non-hydrogen) atoms. The van der Waals surface area contributed by atoms with Crippen molar-refractivity contribution in [3.05, 3.63) is 60.8 Å². The van der Waals surface area contributed by atoms with Crippen molar-refractivity contribution in [2.75, 3.05) is 11.9 Å². The molecule has 1 fully saturated rings. The van der Waals surface area contributed by atoms with Crippen molar-refractivity contribution < 1.29 is 4.79 Å². The molecule has 1 aliphatic rings. The van der Waals surface area contributed by atoms with Gasteiger partial charge in [0.2, 0.25) is 11.9 Å². The minimum atomic E-state index is -0.149. The highest BCUT2D eigenvalue weighted by molar-refractivity contribution is 5.92. The normalized spacial score (nSPS) is 16.7. The second kappa shape index (κ2) is 7.73. The molecule has 1 aliphatic heterocycles. The van der Waals surface area contributed by atoms with Gasteiger partial charge in [-0.25, -0.2) is 19.9 Å². The maximum atomic E-state index is 12.7. The SMILES string of the molecule is O=C(/C=C/c1cnc[nH]1)N1CCC[C@H]1c1nccnc1Nc1ncccn1. The third-order valence-corrected chi connectivity index (χ3v) is 4.30. The third-order valence-electron chi connectivity index (χ3n) is 4.30. The lowest BCUT2D eigenvalue weighted by Crippen LogP contribution is -2.30. The molecule has 0 aliphatic carbocycles. The van der Waals surface area contributed by atoms with Crippen molar-refractivity contribution >= 4 is 23.7 Å². The Kier molecular flexibility index (Phi) is 4.82. The van der Waals surface area contributed by atoms with E-state index in [1.165, 1.54) is 0 Å². The maximum absolute atomic E-state index is 12.7. The summed E-state index contributed by atoms with van der Waals surface area (Å²) in [5.74, 6) is 0.930. The molecule has 4 heterocycles. The molecule has 0 unspecified atom stereocenters. The predicted octanol–water partition coefficient (Wildman–Crippen LogP) is 2.11. The summed E-state index contributed by atoms with van der Waals surface area (Å²) in [5, 5.41) is 3.10. The molecule has 0 radical (unpaired) electrons. The van der Waals surface area contributed by atoms with E-state index in [1.807, 2.05) is 4.90 Å². The standard InChI is InChI=1S/C18H18N8O/c27-15(5-4-13-11-19-12-24-13)26-10-1-3-14(26)16-17(21-9-8-20-16)25-18-22-6-2-7-23-18/h2,4-9,11-12,14H,1,3,10H2,(H,19,24)(H,21,22,23,25)/b5-4+/t14-/m0/s1. The number of imidazole rings is 1. The minimum absolute atomic E-state index is 0.0698. The number of hydrogen-bond donors (Lipinski definition) is 2. The number of anilines is 2. The highest BCUT2D eigenvalue weighted by atomic mass is 16.2. The number of H-pyrrole nitrogens is 1. The van der Waals surface area contributed by atoms with Gasteiger partial charge in [-0.3, -0.25) is 9.78 Å². The van der Waals surface area contributed by atoms with Crippen LogP contribution in [0.15, 0.2) is 49.5 Å². The van der Waals surface area contributed by atoms with Crippen LogP contribution in [0.3, 0.4) is 0 Å². The van der Waals surface area contributed by atoms with Gasteiger partial charge in [0.25, 0.3) is 0 Å². The monoisotopic (exact) mass is 362 g/mol. The third kappa shape index (κ3) is 3.81. The first-order chi connectivity index (χ1) is 13.3. The van der Waals surface area contributed by atoms with E-state index in [-0.39, 0.29) is 11.9 Å². The van der Waals surface area contributed by atoms with Gasteiger partial charge >= 0.3 is 0 Å². The number of amides is 1. The van der Waals surface area contributed by atoms with Gasteiger partial charge < -0.3 is 15.2 Å². The Morgan fingerprint density at radius 2 is 2.04 bits per heavy atom. The molecule has 4 rings (SSSR count). The quantitative estimate of drug-likeness (QED) is 0.668. The van der Waals surface area contributed by atoms with Crippen molar-refractivity contribution in [2.24, 2.45) is 0 Å². The van der Waals surface area contributed by atoms with E-state index in [9.17, 15) is 4.79 Å². The number of carbonyl (C=O) groups excluding carboxylic acids is 1. The molecule has 0 bridgehead atoms. The lowest BCUT2D eigenvalue weighted by atomic mass is 10.1. The molecule has 1 atom stereocenters. The minimum Gasteiger partial charge on any atom is -0.345 e. The van der Waals surface area contributed by atoms with Gasteiger partial charge in [-0.2, -0.15) is 0 Å². The van der Waals surface area contributed by atoms with Crippen LogP contribution < -0.4 is 5.32 Å². The first kappa shape index (κ1) is 16.8. The smallest absolute Gasteiger partial charge is 0.247 e. The van der Waals surface area contributed by atoms with Gasteiger partial charge in [0.1, 0.15) is 5.69 Å². The fourth-order valence-corrected chi connectivity index (χ4v) is 3.09. The van der Waals surface area contributed by atoms with Crippen molar-refractivity contribution in [3.8, 4) is 0 Å². The maximum Gasteiger partial charge on any atom is 0.247 e. The van der Waals surface area contributed by atoms with Gasteiger partial charge in [0, 0.05) is 37.4 Å². The largest absolute Gasteiger partial charge is 0.345 e. The average molecular weight is 362 g/mol. The number of nitrogens with zero attached hydrogens (tertiary/aromatic N) is 6. The fraction of sp³-hybridized carbons (Fsp3) is 0.222. The second-order valence-corrected chi connectivity index (χ2v) is 6.02. The first-order valence-electron chi connectivity index (χ1n) is 8.63. The molecule has 9 nitrogen and oxygen atoms in total. The topological polar surface area (TPSA) is 113 Å². The molecule has 0 saturated carbocycles. The molecule has 3 aromatic heterocycles. The van der Waals surface area contributed by atoms with Crippen LogP contribution in [0, 0.1) is 0 Å². The number of hydrogen-bond acceptors (Lipinski definition) is 7. The molecule has 0 spiro atoms. The van der Waals surface area contributed by atoms with Crippen LogP contribution in [0.1, 0.15) is 30.3 Å². The van der Waals surface area contributed by atoms with Gasteiger partial charge in [-0.05, 0) is 25.0 Å². The summed E-state index contributed by atoms with van der Waals surface area (Å²) in [6, 6.07) is 1.59. The van der Waals surface area contributed by atoms with Crippen LogP contribution in [0.2, 0.25) is 0 Å². The van der Waals surface area contributed by atoms with Crippen LogP contribution in [0.5, 0.6) is 0 Å². The zero-order chi connectivity index (χ0) is 18.5. The highest BCUT2D eigenvalue weighted by Gasteiger charge is 2.32. The van der Waals surface area contributed by atoms with Gasteiger partial charge in [-0.15, -0.1) is 0 Å². The van der Waals surface area contributed by atoms with E-state index in [0.29, 0.717) is 24.0 Å². The number of aromatic amines is 1. The first-order valence-corrected chi connectivity index (χ1v) is 8.63. The number of carbonyl (C=O) groups is 1. The molecule has 1 saturated heterocycles. The van der Waals surface area contributed by atoms with Gasteiger partial charge in [0.15, 0.2) is 5.82 Å². The van der Waals surface area contributed by atoms with Crippen LogP contribution in [-0.4, -0.2) is 47.3 Å². The van der Waals surface area contributed by atoms with Crippen molar-refractivity contribution in [3.63, 3.8) is 0 Å². The van der Waals surface area contributed by atoms with Crippen LogP contribution >= 0.6 is 0 Å². The Labute approximate surface area is 155 Å². The van der Waals surface area contributed by atoms with Crippen molar-refractivity contribution in [1.82, 2.24) is 34.8 Å². The summed E-state index contributed by atoms with van der Waals surface area (Å²) in [6.45, 7) is 0.675. The van der Waals surface area contributed by atoms with E-state index >= 15 is 0 Å². The zero-order valence-corrected chi connectivity index (χ0v) is 14.5. The van der Waals surface area contributed by atoms with Crippen LogP contribution in [-0.2, 0) is 4.79 Å². The van der Waals surface area contributed by atoms with Crippen LogP contribution in [0.4, 0.5) is 11.8 Å². The Morgan fingerprint density at radius 1 is 1.19 bits per heavy atom. The summed E-state index contributed by atoms with van der Waals surface area (Å²) >= 11 is 0. The Morgan fingerprint density at radius 3 is 2.85 bits per heavy atom. The Bertz CT molecular complexity index is 926. The summed E-state index contributed by atoms with van der Waals surface area (Å²) in [6.07, 6.45) is 14.8. The molecule has 0 aromatic carbocycles. The van der Waals surface area contributed by atoms with Crippen molar-refractivity contribution in [2.45, 2.75) is 18.9 Å². The van der Waals surface area contributed by atoms with Crippen molar-refractivity contribution in [1.29, 1.82) is 0 Å². The average Bonchev–Trinajstić information content (AvgIpc) is 3.39. The molecule has 1 amide bonds.